The molecule has 9 aromatic carbocycles. The van der Waals surface area contributed by atoms with E-state index in [1.807, 2.05) is 0 Å². The number of nitrogens with zero attached hydrogens (tertiary/aromatic N) is 2. The van der Waals surface area contributed by atoms with Crippen LogP contribution in [0.2, 0.25) is 0 Å². The predicted octanol–water partition coefficient (Wildman–Crippen LogP) is 14.9. The third kappa shape index (κ3) is 6.14. The first-order valence-electron chi connectivity index (χ1n) is 19.2. The molecule has 0 aliphatic carbocycles. The Hall–Kier alpha value is -7.42. The van der Waals surface area contributed by atoms with Crippen molar-refractivity contribution in [3.05, 3.63) is 231 Å². The Balaban J connectivity index is 1.22. The molecule has 1 heterocycles. The van der Waals surface area contributed by atoms with Gasteiger partial charge in [0.25, 0.3) is 0 Å². The normalized spacial score (nSPS) is 11.2. The minimum absolute atomic E-state index is 1.09. The van der Waals surface area contributed by atoms with Gasteiger partial charge in [0.15, 0.2) is 0 Å². The van der Waals surface area contributed by atoms with Crippen molar-refractivity contribution >= 4 is 38.9 Å². The second kappa shape index (κ2) is 14.4. The first-order chi connectivity index (χ1) is 27.8. The molecule has 0 saturated heterocycles. The van der Waals surface area contributed by atoms with E-state index >= 15 is 0 Å². The fraction of sp³-hybridized carbons (Fsp3) is 0. The quantitative estimate of drug-likeness (QED) is 0.152. The highest BCUT2D eigenvalue weighted by atomic mass is 15.1. The summed E-state index contributed by atoms with van der Waals surface area (Å²) in [7, 11) is 0. The van der Waals surface area contributed by atoms with Gasteiger partial charge < -0.3 is 9.47 Å². The van der Waals surface area contributed by atoms with E-state index in [1.165, 1.54) is 49.7 Å². The van der Waals surface area contributed by atoms with Gasteiger partial charge in [-0.2, -0.15) is 0 Å². The van der Waals surface area contributed by atoms with E-state index in [0.717, 1.165) is 39.4 Å². The van der Waals surface area contributed by atoms with Gasteiger partial charge in [0.05, 0.1) is 16.7 Å². The molecule has 0 spiro atoms. The molecule has 0 aliphatic heterocycles. The van der Waals surface area contributed by atoms with Gasteiger partial charge in [0.1, 0.15) is 0 Å². The second-order valence-electron chi connectivity index (χ2n) is 14.2. The van der Waals surface area contributed by atoms with E-state index in [1.54, 1.807) is 0 Å². The molecule has 56 heavy (non-hydrogen) atoms. The lowest BCUT2D eigenvalue weighted by atomic mass is 9.95. The van der Waals surface area contributed by atoms with Crippen molar-refractivity contribution in [1.82, 2.24) is 4.57 Å². The highest BCUT2D eigenvalue weighted by molar-refractivity contribution is 6.16. The molecular weight excluding hydrogens is 677 g/mol. The first kappa shape index (κ1) is 33.2. The zero-order valence-corrected chi connectivity index (χ0v) is 30.8. The lowest BCUT2D eigenvalue weighted by molar-refractivity contribution is 1.18. The highest BCUT2D eigenvalue weighted by Crippen LogP contribution is 2.46. The summed E-state index contributed by atoms with van der Waals surface area (Å²) in [5.74, 6) is 0. The predicted molar refractivity (Wildman–Crippen MR) is 237 cm³/mol. The van der Waals surface area contributed by atoms with Crippen LogP contribution in [0.1, 0.15) is 0 Å². The summed E-state index contributed by atoms with van der Waals surface area (Å²) >= 11 is 0. The molecule has 0 radical (unpaired) electrons. The van der Waals surface area contributed by atoms with E-state index in [4.69, 9.17) is 0 Å². The Bertz CT molecular complexity index is 2910. The number of para-hydroxylation sites is 2. The fourth-order valence-corrected chi connectivity index (χ4v) is 8.09. The Labute approximate surface area is 327 Å². The number of hydrogen-bond acceptors (Lipinski definition) is 1. The molecule has 2 heteroatoms. The molecule has 10 rings (SSSR count). The minimum atomic E-state index is 1.09. The van der Waals surface area contributed by atoms with Crippen molar-refractivity contribution in [2.24, 2.45) is 0 Å². The summed E-state index contributed by atoms with van der Waals surface area (Å²) in [6.07, 6.45) is 0. The lowest BCUT2D eigenvalue weighted by Gasteiger charge is -2.28. The maximum absolute atomic E-state index is 2.45. The maximum atomic E-state index is 2.45. The number of anilines is 3. The summed E-state index contributed by atoms with van der Waals surface area (Å²) in [6, 6.07) is 83.2. The standard InChI is InChI=1S/C54H38N2/c1-5-16-39(17-6-1)42-28-30-44(31-29-42)46-36-45(41-20-9-3-10-21-41)37-49(38-46)55(48-34-32-43(33-35-48)40-18-7-2-8-19-40)52-26-15-27-53-54(52)50-24-13-14-25-51(50)56(53)47-22-11-4-12-23-47/h1-38H. The molecule has 1 aromatic heterocycles. The smallest absolute Gasteiger partial charge is 0.0562 e. The molecule has 0 fully saturated rings. The number of hydrogen-bond donors (Lipinski definition) is 0. The molecule has 0 saturated carbocycles. The van der Waals surface area contributed by atoms with E-state index < -0.39 is 0 Å². The van der Waals surface area contributed by atoms with E-state index in [9.17, 15) is 0 Å². The van der Waals surface area contributed by atoms with Crippen molar-refractivity contribution in [2.45, 2.75) is 0 Å². The van der Waals surface area contributed by atoms with Crippen molar-refractivity contribution in [2.75, 3.05) is 4.90 Å². The summed E-state index contributed by atoms with van der Waals surface area (Å²) in [4.78, 5) is 2.45. The monoisotopic (exact) mass is 714 g/mol. The van der Waals surface area contributed by atoms with Gasteiger partial charge >= 0.3 is 0 Å². The van der Waals surface area contributed by atoms with Crippen LogP contribution in [0.15, 0.2) is 231 Å². The average molecular weight is 715 g/mol. The molecule has 0 unspecified atom stereocenters. The van der Waals surface area contributed by atoms with Gasteiger partial charge in [-0.25, -0.2) is 0 Å². The van der Waals surface area contributed by atoms with Gasteiger partial charge in [-0.15, -0.1) is 0 Å². The highest BCUT2D eigenvalue weighted by Gasteiger charge is 2.22. The van der Waals surface area contributed by atoms with Crippen molar-refractivity contribution in [3.63, 3.8) is 0 Å². The lowest BCUT2D eigenvalue weighted by Crippen LogP contribution is -2.11. The zero-order valence-electron chi connectivity index (χ0n) is 30.8. The molecule has 0 atom stereocenters. The molecule has 2 nitrogen and oxygen atoms in total. The number of benzene rings is 9. The molecule has 0 amide bonds. The molecule has 0 aliphatic rings. The molecular formula is C54H38N2. The van der Waals surface area contributed by atoms with Gasteiger partial charge in [-0.05, 0) is 105 Å². The summed E-state index contributed by atoms with van der Waals surface area (Å²) < 4.78 is 2.39. The van der Waals surface area contributed by atoms with Crippen LogP contribution in [-0.2, 0) is 0 Å². The van der Waals surface area contributed by atoms with Gasteiger partial charge in [-0.3, -0.25) is 0 Å². The average Bonchev–Trinajstić information content (AvgIpc) is 3.63. The third-order valence-electron chi connectivity index (χ3n) is 10.8. The topological polar surface area (TPSA) is 8.17 Å². The van der Waals surface area contributed by atoms with E-state index in [2.05, 4.69) is 240 Å². The van der Waals surface area contributed by atoms with Gasteiger partial charge in [0.2, 0.25) is 0 Å². The van der Waals surface area contributed by atoms with Crippen LogP contribution < -0.4 is 4.90 Å². The summed E-state index contributed by atoms with van der Waals surface area (Å²) in [5.41, 5.74) is 16.2. The SMILES string of the molecule is c1ccc(-c2ccc(-c3cc(-c4ccccc4)cc(N(c4ccc(-c5ccccc5)cc4)c4cccc5c4c4ccccc4n5-c4ccccc4)c3)cc2)cc1. The zero-order chi connectivity index (χ0) is 37.3. The van der Waals surface area contributed by atoms with Gasteiger partial charge in [-0.1, -0.05) is 170 Å². The van der Waals surface area contributed by atoms with Gasteiger partial charge in [0, 0.05) is 27.8 Å². The minimum Gasteiger partial charge on any atom is -0.310 e. The Kier molecular flexibility index (Phi) is 8.55. The van der Waals surface area contributed by atoms with Crippen LogP contribution in [0.5, 0.6) is 0 Å². The fourth-order valence-electron chi connectivity index (χ4n) is 8.09. The molecule has 0 bridgehead atoms. The maximum Gasteiger partial charge on any atom is 0.0562 e. The van der Waals surface area contributed by atoms with Crippen LogP contribution in [0.25, 0.3) is 72.0 Å². The Morgan fingerprint density at radius 2 is 0.714 bits per heavy atom. The van der Waals surface area contributed by atoms with E-state index in [0.29, 0.717) is 0 Å². The second-order valence-corrected chi connectivity index (χ2v) is 14.2. The number of rotatable bonds is 8. The Morgan fingerprint density at radius 1 is 0.286 bits per heavy atom. The number of aromatic nitrogens is 1. The molecule has 10 aromatic rings. The van der Waals surface area contributed by atoms with Crippen molar-refractivity contribution in [1.29, 1.82) is 0 Å². The summed E-state index contributed by atoms with van der Waals surface area (Å²) in [6.45, 7) is 0. The van der Waals surface area contributed by atoms with E-state index in [-0.39, 0.29) is 0 Å². The van der Waals surface area contributed by atoms with Crippen LogP contribution in [-0.4, -0.2) is 4.57 Å². The van der Waals surface area contributed by atoms with Crippen LogP contribution in [0, 0.1) is 0 Å². The first-order valence-corrected chi connectivity index (χ1v) is 19.2. The third-order valence-corrected chi connectivity index (χ3v) is 10.8. The Morgan fingerprint density at radius 3 is 1.29 bits per heavy atom. The largest absolute Gasteiger partial charge is 0.310 e. The van der Waals surface area contributed by atoms with Crippen LogP contribution >= 0.6 is 0 Å². The van der Waals surface area contributed by atoms with Crippen molar-refractivity contribution in [3.8, 4) is 50.2 Å². The molecule has 0 N–H and O–H groups in total. The van der Waals surface area contributed by atoms with Crippen LogP contribution in [0.3, 0.4) is 0 Å². The summed E-state index contributed by atoms with van der Waals surface area (Å²) in [5, 5.41) is 2.42. The van der Waals surface area contributed by atoms with Crippen LogP contribution in [0.4, 0.5) is 17.1 Å². The molecule has 264 valence electrons. The van der Waals surface area contributed by atoms with Crippen molar-refractivity contribution < 1.29 is 0 Å². The number of fused-ring (bicyclic) bond motifs is 3.